The molecule has 1 aliphatic rings. The largest absolute Gasteiger partial charge is 0.496 e. The van der Waals surface area contributed by atoms with E-state index in [2.05, 4.69) is 20.2 Å². The zero-order valence-corrected chi connectivity index (χ0v) is 17.4. The van der Waals surface area contributed by atoms with Gasteiger partial charge in [-0.25, -0.2) is 13.1 Å². The van der Waals surface area contributed by atoms with Crippen LogP contribution >= 0.6 is 0 Å². The van der Waals surface area contributed by atoms with Crippen molar-refractivity contribution < 1.29 is 22.4 Å². The summed E-state index contributed by atoms with van der Waals surface area (Å²) in [5, 5.41) is 7.11. The van der Waals surface area contributed by atoms with Gasteiger partial charge in [0.25, 0.3) is 0 Å². The third-order valence-electron chi connectivity index (χ3n) is 4.63. The number of nitrogens with zero attached hydrogens (tertiary/aromatic N) is 2. The summed E-state index contributed by atoms with van der Waals surface area (Å²) in [6.07, 6.45) is 1.73. The summed E-state index contributed by atoms with van der Waals surface area (Å²) >= 11 is 0. The van der Waals surface area contributed by atoms with Crippen molar-refractivity contribution >= 4 is 15.7 Å². The van der Waals surface area contributed by atoms with Gasteiger partial charge in [0.1, 0.15) is 11.5 Å². The highest BCUT2D eigenvalue weighted by Crippen LogP contribution is 2.30. The van der Waals surface area contributed by atoms with E-state index in [0.29, 0.717) is 34.5 Å². The van der Waals surface area contributed by atoms with E-state index in [1.807, 2.05) is 24.3 Å². The molecule has 0 spiro atoms. The van der Waals surface area contributed by atoms with Crippen LogP contribution in [0.3, 0.4) is 0 Å². The van der Waals surface area contributed by atoms with E-state index in [1.54, 1.807) is 13.2 Å². The molecule has 2 aromatic carbocycles. The number of sulfonamides is 1. The first-order chi connectivity index (χ1) is 14.5. The number of para-hydroxylation sites is 1. The molecule has 10 heteroatoms. The van der Waals surface area contributed by atoms with E-state index in [4.69, 9.17) is 14.0 Å². The molecule has 0 atom stereocenters. The molecule has 0 amide bonds. The SMILES string of the molecule is COc1ccc(S(=O)(=O)NC2CC2)cc1NCc1nc(-c2ccccc2OC)no1. The van der Waals surface area contributed by atoms with Gasteiger partial charge in [0.2, 0.25) is 21.7 Å². The molecule has 1 saturated carbocycles. The van der Waals surface area contributed by atoms with Gasteiger partial charge < -0.3 is 19.3 Å². The van der Waals surface area contributed by atoms with Crippen LogP contribution < -0.4 is 19.5 Å². The van der Waals surface area contributed by atoms with E-state index in [9.17, 15) is 8.42 Å². The fraction of sp³-hybridized carbons (Fsp3) is 0.300. The molecular formula is C20H22N4O5S. The lowest BCUT2D eigenvalue weighted by molar-refractivity contribution is 0.382. The van der Waals surface area contributed by atoms with Crippen LogP contribution in [0.5, 0.6) is 11.5 Å². The fourth-order valence-corrected chi connectivity index (χ4v) is 4.25. The molecule has 0 saturated heterocycles. The number of benzene rings is 2. The topological polar surface area (TPSA) is 116 Å². The van der Waals surface area contributed by atoms with Crippen LogP contribution in [0.2, 0.25) is 0 Å². The summed E-state index contributed by atoms with van der Waals surface area (Å²) in [6, 6.07) is 12.1. The van der Waals surface area contributed by atoms with Crippen molar-refractivity contribution in [1.82, 2.24) is 14.9 Å². The number of anilines is 1. The van der Waals surface area contributed by atoms with Crippen LogP contribution in [0.15, 0.2) is 51.9 Å². The van der Waals surface area contributed by atoms with Crippen molar-refractivity contribution in [2.45, 2.75) is 30.3 Å². The molecule has 9 nitrogen and oxygen atoms in total. The van der Waals surface area contributed by atoms with E-state index in [-0.39, 0.29) is 17.5 Å². The molecule has 4 rings (SSSR count). The molecule has 1 fully saturated rings. The van der Waals surface area contributed by atoms with Crippen molar-refractivity contribution in [3.63, 3.8) is 0 Å². The third-order valence-corrected chi connectivity index (χ3v) is 6.14. The summed E-state index contributed by atoms with van der Waals surface area (Å²) in [5.74, 6) is 1.88. The van der Waals surface area contributed by atoms with Crippen LogP contribution in [0.25, 0.3) is 11.4 Å². The Bertz CT molecular complexity index is 1140. The van der Waals surface area contributed by atoms with Gasteiger partial charge in [-0.2, -0.15) is 4.98 Å². The average molecular weight is 430 g/mol. The first kappa shape index (κ1) is 20.2. The van der Waals surface area contributed by atoms with E-state index >= 15 is 0 Å². The minimum Gasteiger partial charge on any atom is -0.496 e. The van der Waals surface area contributed by atoms with Crippen molar-refractivity contribution in [3.05, 3.63) is 48.4 Å². The lowest BCUT2D eigenvalue weighted by Crippen LogP contribution is -2.25. The lowest BCUT2D eigenvalue weighted by Gasteiger charge is -2.12. The maximum atomic E-state index is 12.5. The Morgan fingerprint density at radius 3 is 2.60 bits per heavy atom. The van der Waals surface area contributed by atoms with Gasteiger partial charge in [0.15, 0.2) is 0 Å². The van der Waals surface area contributed by atoms with Crippen LogP contribution in [0.1, 0.15) is 18.7 Å². The van der Waals surface area contributed by atoms with Gasteiger partial charge >= 0.3 is 0 Å². The van der Waals surface area contributed by atoms with E-state index in [1.165, 1.54) is 19.2 Å². The highest BCUT2D eigenvalue weighted by Gasteiger charge is 2.28. The molecule has 1 heterocycles. The Hall–Kier alpha value is -3.11. The van der Waals surface area contributed by atoms with Gasteiger partial charge in [-0.3, -0.25) is 0 Å². The van der Waals surface area contributed by atoms with Gasteiger partial charge in [0.05, 0.1) is 36.9 Å². The number of nitrogens with one attached hydrogen (secondary N) is 2. The third kappa shape index (κ3) is 4.39. The van der Waals surface area contributed by atoms with Gasteiger partial charge in [-0.15, -0.1) is 0 Å². The number of hydrogen-bond acceptors (Lipinski definition) is 8. The molecule has 0 aliphatic heterocycles. The summed E-state index contributed by atoms with van der Waals surface area (Å²) in [5.41, 5.74) is 1.22. The summed E-state index contributed by atoms with van der Waals surface area (Å²) in [7, 11) is -0.484. The first-order valence-corrected chi connectivity index (χ1v) is 10.9. The molecule has 158 valence electrons. The molecule has 1 aliphatic carbocycles. The highest BCUT2D eigenvalue weighted by molar-refractivity contribution is 7.89. The maximum Gasteiger partial charge on any atom is 0.246 e. The first-order valence-electron chi connectivity index (χ1n) is 9.40. The summed E-state index contributed by atoms with van der Waals surface area (Å²) in [4.78, 5) is 4.55. The normalized spacial score (nSPS) is 13.8. The average Bonchev–Trinajstić information content (AvgIpc) is 3.44. The number of methoxy groups -OCH3 is 2. The van der Waals surface area contributed by atoms with Crippen molar-refractivity contribution in [1.29, 1.82) is 0 Å². The van der Waals surface area contributed by atoms with E-state index in [0.717, 1.165) is 12.8 Å². The predicted octanol–water partition coefficient (Wildman–Crippen LogP) is 2.81. The van der Waals surface area contributed by atoms with Gasteiger partial charge in [-0.1, -0.05) is 17.3 Å². The maximum absolute atomic E-state index is 12.5. The predicted molar refractivity (Wildman–Crippen MR) is 110 cm³/mol. The summed E-state index contributed by atoms with van der Waals surface area (Å²) < 4.78 is 43.7. The number of rotatable bonds is 9. The molecule has 30 heavy (non-hydrogen) atoms. The Kier molecular flexibility index (Phi) is 5.60. The second-order valence-corrected chi connectivity index (χ2v) is 8.54. The molecule has 2 N–H and O–H groups in total. The molecule has 0 bridgehead atoms. The fourth-order valence-electron chi connectivity index (χ4n) is 2.92. The molecule has 1 aromatic heterocycles. The zero-order chi connectivity index (χ0) is 21.1. The molecular weight excluding hydrogens is 408 g/mol. The smallest absolute Gasteiger partial charge is 0.246 e. The number of hydrogen-bond donors (Lipinski definition) is 2. The monoisotopic (exact) mass is 430 g/mol. The van der Waals surface area contributed by atoms with E-state index < -0.39 is 10.0 Å². The minimum absolute atomic E-state index is 0.0281. The van der Waals surface area contributed by atoms with Crippen LogP contribution in [0.4, 0.5) is 5.69 Å². The summed E-state index contributed by atoms with van der Waals surface area (Å²) in [6.45, 7) is 0.193. The van der Waals surface area contributed by atoms with Gasteiger partial charge in [0, 0.05) is 6.04 Å². The Labute approximate surface area is 174 Å². The Balaban J connectivity index is 1.52. The van der Waals surface area contributed by atoms with Crippen LogP contribution in [-0.2, 0) is 16.6 Å². The molecule has 0 unspecified atom stereocenters. The van der Waals surface area contributed by atoms with Crippen molar-refractivity contribution in [2.24, 2.45) is 0 Å². The second kappa shape index (κ2) is 8.33. The van der Waals surface area contributed by atoms with Crippen molar-refractivity contribution in [3.8, 4) is 22.9 Å². The van der Waals surface area contributed by atoms with Crippen LogP contribution in [-0.4, -0.2) is 38.8 Å². The molecule has 0 radical (unpaired) electrons. The molecule has 3 aromatic rings. The van der Waals surface area contributed by atoms with Crippen LogP contribution in [0, 0.1) is 0 Å². The number of ether oxygens (including phenoxy) is 2. The Morgan fingerprint density at radius 2 is 1.87 bits per heavy atom. The highest BCUT2D eigenvalue weighted by atomic mass is 32.2. The lowest BCUT2D eigenvalue weighted by atomic mass is 10.2. The zero-order valence-electron chi connectivity index (χ0n) is 16.6. The second-order valence-electron chi connectivity index (χ2n) is 6.82. The Morgan fingerprint density at radius 1 is 1.10 bits per heavy atom. The number of aromatic nitrogens is 2. The van der Waals surface area contributed by atoms with Crippen molar-refractivity contribution in [2.75, 3.05) is 19.5 Å². The van der Waals surface area contributed by atoms with Gasteiger partial charge in [-0.05, 0) is 43.2 Å². The quantitative estimate of drug-likeness (QED) is 0.532. The minimum atomic E-state index is -3.58. The standard InChI is InChI=1S/C20H22N4O5S/c1-27-17-6-4-3-5-15(17)20-22-19(29-23-20)12-21-16-11-14(9-10-18(16)28-2)30(25,26)24-13-7-8-13/h3-6,9-11,13,21,24H,7-8,12H2,1-2H3.